The summed E-state index contributed by atoms with van der Waals surface area (Å²) in [5.41, 5.74) is 2.39. The second kappa shape index (κ2) is 1.72. The van der Waals surface area contributed by atoms with Gasteiger partial charge in [0.2, 0.25) is 0 Å². The lowest BCUT2D eigenvalue weighted by Crippen LogP contribution is -1.88. The second-order valence-electron chi connectivity index (χ2n) is 1.24. The van der Waals surface area contributed by atoms with E-state index in [-0.39, 0.29) is 6.61 Å². The first-order chi connectivity index (χ1) is 3.83. The molecule has 0 spiro atoms. The minimum atomic E-state index is -0.670. The van der Waals surface area contributed by atoms with E-state index < -0.39 is 6.16 Å². The molecule has 1 heterocycles. The van der Waals surface area contributed by atoms with Crippen LogP contribution in [0.3, 0.4) is 0 Å². The summed E-state index contributed by atoms with van der Waals surface area (Å²) < 4.78 is 8.75. The molecule has 0 aromatic heterocycles. The van der Waals surface area contributed by atoms with Crippen LogP contribution in [0.2, 0.25) is 0 Å². The maximum absolute atomic E-state index is 10.1. The monoisotopic (exact) mass is 112 g/mol. The van der Waals surface area contributed by atoms with E-state index in [1.807, 2.05) is 0 Å². The molecule has 0 bridgehead atoms. The molecule has 0 atom stereocenters. The van der Waals surface area contributed by atoms with E-state index in [1.54, 1.807) is 0 Å². The van der Waals surface area contributed by atoms with Crippen LogP contribution in [0.4, 0.5) is 4.79 Å². The molecule has 0 amide bonds. The predicted molar refractivity (Wildman–Crippen MR) is 25.1 cm³/mol. The highest BCUT2D eigenvalue weighted by atomic mass is 16.8. The van der Waals surface area contributed by atoms with E-state index in [0.29, 0.717) is 5.76 Å². The maximum Gasteiger partial charge on any atom is 0.514 e. The van der Waals surface area contributed by atoms with Crippen molar-refractivity contribution < 1.29 is 14.3 Å². The molecule has 1 rings (SSSR count). The van der Waals surface area contributed by atoms with Crippen molar-refractivity contribution >= 4 is 6.16 Å². The van der Waals surface area contributed by atoms with E-state index in [9.17, 15) is 4.79 Å². The van der Waals surface area contributed by atoms with Gasteiger partial charge in [-0.15, -0.1) is 0 Å². The van der Waals surface area contributed by atoms with Crippen LogP contribution in [0, 0.1) is 0 Å². The molecule has 8 heavy (non-hydrogen) atoms. The molecule has 0 aliphatic carbocycles. The first-order valence-corrected chi connectivity index (χ1v) is 2.06. The van der Waals surface area contributed by atoms with Crippen LogP contribution >= 0.6 is 0 Å². The molecule has 1 saturated heterocycles. The van der Waals surface area contributed by atoms with Gasteiger partial charge in [-0.3, -0.25) is 0 Å². The molecule has 1 aliphatic rings. The average molecular weight is 112 g/mol. The molecule has 3 nitrogen and oxygen atoms in total. The highest BCUT2D eigenvalue weighted by Crippen LogP contribution is 2.06. The fraction of sp³-hybridized carbons (Fsp3) is 0.200. The number of carbonyl (C=O) groups excluding carboxylic acids is 1. The third kappa shape index (κ3) is 0.718. The molecule has 1 aliphatic heterocycles. The molecule has 0 N–H and O–H groups in total. The molecule has 0 unspecified atom stereocenters. The number of cyclic esters (lactones) is 2. The molecule has 3 heteroatoms. The number of carbonyl (C=O) groups is 1. The van der Waals surface area contributed by atoms with Crippen molar-refractivity contribution in [1.82, 2.24) is 0 Å². The van der Waals surface area contributed by atoms with E-state index >= 15 is 0 Å². The van der Waals surface area contributed by atoms with Crippen LogP contribution in [0.1, 0.15) is 0 Å². The van der Waals surface area contributed by atoms with Crippen LogP contribution in [-0.2, 0) is 9.47 Å². The normalized spacial score (nSPS) is 17.0. The summed E-state index contributed by atoms with van der Waals surface area (Å²) in [7, 11) is 0. The lowest BCUT2D eigenvalue weighted by Gasteiger charge is -1.79. The van der Waals surface area contributed by atoms with Gasteiger partial charge in [0.05, 0.1) is 0 Å². The van der Waals surface area contributed by atoms with Gasteiger partial charge in [-0.25, -0.2) is 4.79 Å². The number of hydrogen-bond donors (Lipinski definition) is 0. The first-order valence-electron chi connectivity index (χ1n) is 2.06. The molecule has 0 radical (unpaired) electrons. The smallest absolute Gasteiger partial charge is 0.425 e. The Morgan fingerprint density at radius 3 is 2.75 bits per heavy atom. The van der Waals surface area contributed by atoms with Gasteiger partial charge < -0.3 is 9.47 Å². The summed E-state index contributed by atoms with van der Waals surface area (Å²) in [5.74, 6) is 0.356. The summed E-state index contributed by atoms with van der Waals surface area (Å²) in [4.78, 5) is 10.1. The summed E-state index contributed by atoms with van der Waals surface area (Å²) in [6, 6.07) is 0. The topological polar surface area (TPSA) is 35.5 Å². The van der Waals surface area contributed by atoms with Crippen LogP contribution in [0.15, 0.2) is 18.1 Å². The van der Waals surface area contributed by atoms with E-state index in [4.69, 9.17) is 0 Å². The Bertz CT molecular complexity index is 165. The molecule has 42 valence electrons. The first kappa shape index (κ1) is 4.94. The zero-order valence-electron chi connectivity index (χ0n) is 4.14. The SMILES string of the molecule is C=C=C1COC(=O)O1. The Hall–Kier alpha value is -1.21. The lowest BCUT2D eigenvalue weighted by molar-refractivity contribution is 0.136. The quantitative estimate of drug-likeness (QED) is 0.344. The van der Waals surface area contributed by atoms with Gasteiger partial charge in [0.1, 0.15) is 0 Å². The predicted octanol–water partition coefficient (Wildman–Crippen LogP) is 0.822. The summed E-state index contributed by atoms with van der Waals surface area (Å²) in [6.45, 7) is 3.43. The van der Waals surface area contributed by atoms with Crippen molar-refractivity contribution in [2.45, 2.75) is 0 Å². The number of ether oxygens (including phenoxy) is 2. The van der Waals surface area contributed by atoms with E-state index in [2.05, 4.69) is 21.8 Å². The van der Waals surface area contributed by atoms with Crippen molar-refractivity contribution in [1.29, 1.82) is 0 Å². The van der Waals surface area contributed by atoms with E-state index in [1.165, 1.54) is 0 Å². The maximum atomic E-state index is 10.1. The van der Waals surface area contributed by atoms with Crippen LogP contribution in [-0.4, -0.2) is 12.8 Å². The van der Waals surface area contributed by atoms with Crippen LogP contribution < -0.4 is 0 Å². The standard InChI is InChI=1S/C5H4O3/c1-2-4-3-7-5(6)8-4/h1,3H2. The largest absolute Gasteiger partial charge is 0.514 e. The van der Waals surface area contributed by atoms with Crippen molar-refractivity contribution in [2.24, 2.45) is 0 Å². The van der Waals surface area contributed by atoms with Gasteiger partial charge >= 0.3 is 6.16 Å². The third-order valence-electron chi connectivity index (χ3n) is 0.725. The zero-order chi connectivity index (χ0) is 5.98. The molecular formula is C5H4O3. The third-order valence-corrected chi connectivity index (χ3v) is 0.725. The highest BCUT2D eigenvalue weighted by Gasteiger charge is 2.16. The number of hydrogen-bond acceptors (Lipinski definition) is 3. The summed E-state index contributed by atoms with van der Waals surface area (Å²) >= 11 is 0. The molecule has 1 fully saturated rings. The highest BCUT2D eigenvalue weighted by molar-refractivity contribution is 5.63. The Balaban J connectivity index is 2.70. The summed E-state index contributed by atoms with van der Waals surface area (Å²) in [6.07, 6.45) is -0.670. The zero-order valence-corrected chi connectivity index (χ0v) is 4.14. The molecule has 0 aromatic carbocycles. The minimum absolute atomic E-state index is 0.169. The van der Waals surface area contributed by atoms with Gasteiger partial charge in [-0.1, -0.05) is 12.3 Å². The van der Waals surface area contributed by atoms with Crippen molar-refractivity contribution in [2.75, 3.05) is 6.61 Å². The second-order valence-corrected chi connectivity index (χ2v) is 1.24. The van der Waals surface area contributed by atoms with Crippen molar-refractivity contribution in [3.8, 4) is 0 Å². The molecule has 0 aromatic rings. The van der Waals surface area contributed by atoms with Gasteiger partial charge in [-0.2, -0.15) is 0 Å². The van der Waals surface area contributed by atoms with Gasteiger partial charge in [-0.05, 0) is 0 Å². The van der Waals surface area contributed by atoms with Crippen LogP contribution in [0.25, 0.3) is 0 Å². The fourth-order valence-electron chi connectivity index (χ4n) is 0.371. The number of rotatable bonds is 0. The van der Waals surface area contributed by atoms with Gasteiger partial charge in [0.25, 0.3) is 0 Å². The van der Waals surface area contributed by atoms with Crippen LogP contribution in [0.5, 0.6) is 0 Å². The average Bonchev–Trinajstić information content (AvgIpc) is 2.14. The lowest BCUT2D eigenvalue weighted by atomic mass is 10.6. The van der Waals surface area contributed by atoms with E-state index in [0.717, 1.165) is 0 Å². The minimum Gasteiger partial charge on any atom is -0.425 e. The van der Waals surface area contributed by atoms with Gasteiger partial charge in [0, 0.05) is 0 Å². The Morgan fingerprint density at radius 2 is 2.50 bits per heavy atom. The Labute approximate surface area is 46.2 Å². The van der Waals surface area contributed by atoms with Crippen molar-refractivity contribution in [3.63, 3.8) is 0 Å². The van der Waals surface area contributed by atoms with Gasteiger partial charge in [0.15, 0.2) is 12.4 Å². The Kier molecular flexibility index (Phi) is 1.06. The Morgan fingerprint density at radius 1 is 1.75 bits per heavy atom. The van der Waals surface area contributed by atoms with Crippen molar-refractivity contribution in [3.05, 3.63) is 18.1 Å². The molecular weight excluding hydrogens is 108 g/mol. The fourth-order valence-corrected chi connectivity index (χ4v) is 0.371. The summed E-state index contributed by atoms with van der Waals surface area (Å²) in [5, 5.41) is 0. The molecule has 0 saturated carbocycles.